The van der Waals surface area contributed by atoms with E-state index in [2.05, 4.69) is 26.1 Å². The highest BCUT2D eigenvalue weighted by molar-refractivity contribution is 5.88. The first-order chi connectivity index (χ1) is 8.83. The third-order valence-corrected chi connectivity index (χ3v) is 4.07. The van der Waals surface area contributed by atoms with E-state index in [9.17, 15) is 9.59 Å². The van der Waals surface area contributed by atoms with Crippen LogP contribution in [0.1, 0.15) is 53.9 Å². The number of likely N-dealkylation sites (N-methyl/N-ethyl adjacent to an activating group) is 1. The molecule has 1 rings (SSSR count). The van der Waals surface area contributed by atoms with Crippen LogP contribution in [0.3, 0.4) is 0 Å². The van der Waals surface area contributed by atoms with E-state index < -0.39 is 5.60 Å². The number of hydrogen-bond donors (Lipinski definition) is 1. The predicted octanol–water partition coefficient (Wildman–Crippen LogP) is 2.52. The smallest absolute Gasteiger partial charge is 0.303 e. The van der Waals surface area contributed by atoms with Crippen LogP contribution in [0.2, 0.25) is 0 Å². The van der Waals surface area contributed by atoms with E-state index in [-0.39, 0.29) is 17.8 Å². The number of carbonyl (C=O) groups excluding carboxylic acids is 2. The average molecular weight is 269 g/mol. The van der Waals surface area contributed by atoms with Crippen LogP contribution in [-0.4, -0.2) is 24.0 Å². The van der Waals surface area contributed by atoms with Gasteiger partial charge in [-0.25, -0.2) is 0 Å². The number of hydrogen-bond acceptors (Lipinski definition) is 3. The summed E-state index contributed by atoms with van der Waals surface area (Å²) in [5.74, 6) is 0.312. The first kappa shape index (κ1) is 16.0. The molecule has 0 radical (unpaired) electrons. The van der Waals surface area contributed by atoms with E-state index in [4.69, 9.17) is 4.74 Å². The Labute approximate surface area is 116 Å². The number of ether oxygens (including phenoxy) is 1. The van der Waals surface area contributed by atoms with Crippen molar-refractivity contribution >= 4 is 11.9 Å². The lowest BCUT2D eigenvalue weighted by molar-refractivity contribution is -0.183. The standard InChI is InChI=1S/C15H27NO3/c1-6-16-14(18)15(19-12(5)17)9-11(4)7-8-13(15)10(2)3/h10-11,13H,6-9H2,1-5H3,(H,16,18). The minimum Gasteiger partial charge on any atom is -0.449 e. The Morgan fingerprint density at radius 3 is 2.47 bits per heavy atom. The normalized spacial score (nSPS) is 31.1. The fourth-order valence-electron chi connectivity index (χ4n) is 3.33. The minimum absolute atomic E-state index is 0.0964. The Balaban J connectivity index is 3.13. The molecule has 0 spiro atoms. The van der Waals surface area contributed by atoms with Crippen molar-refractivity contribution in [3.63, 3.8) is 0 Å². The molecule has 3 atom stereocenters. The Bertz CT molecular complexity index is 340. The lowest BCUT2D eigenvalue weighted by Gasteiger charge is -2.45. The van der Waals surface area contributed by atoms with Crippen molar-refractivity contribution < 1.29 is 14.3 Å². The molecule has 0 aliphatic heterocycles. The van der Waals surface area contributed by atoms with Crippen LogP contribution in [-0.2, 0) is 14.3 Å². The number of nitrogens with one attached hydrogen (secondary N) is 1. The molecule has 0 aromatic rings. The van der Waals surface area contributed by atoms with Crippen LogP contribution in [0.25, 0.3) is 0 Å². The average Bonchev–Trinajstić information content (AvgIpc) is 2.27. The molecule has 1 aliphatic carbocycles. The van der Waals surface area contributed by atoms with Crippen molar-refractivity contribution in [3.05, 3.63) is 0 Å². The summed E-state index contributed by atoms with van der Waals surface area (Å²) < 4.78 is 5.59. The summed E-state index contributed by atoms with van der Waals surface area (Å²) in [5, 5.41) is 2.85. The topological polar surface area (TPSA) is 55.4 Å². The molecule has 19 heavy (non-hydrogen) atoms. The van der Waals surface area contributed by atoms with Crippen molar-refractivity contribution in [2.24, 2.45) is 17.8 Å². The molecule has 0 saturated heterocycles. The zero-order valence-electron chi connectivity index (χ0n) is 12.8. The lowest BCUT2D eigenvalue weighted by Crippen LogP contribution is -2.58. The van der Waals surface area contributed by atoms with Crippen LogP contribution in [0.5, 0.6) is 0 Å². The number of esters is 1. The molecule has 1 aliphatic rings. The fraction of sp³-hybridized carbons (Fsp3) is 0.867. The summed E-state index contributed by atoms with van der Waals surface area (Å²) in [6, 6.07) is 0. The van der Waals surface area contributed by atoms with Crippen molar-refractivity contribution in [1.82, 2.24) is 5.32 Å². The highest BCUT2D eigenvalue weighted by Gasteiger charge is 2.52. The largest absolute Gasteiger partial charge is 0.449 e. The predicted molar refractivity (Wildman–Crippen MR) is 74.5 cm³/mol. The van der Waals surface area contributed by atoms with E-state index in [1.54, 1.807) is 0 Å². The third kappa shape index (κ3) is 3.48. The highest BCUT2D eigenvalue weighted by Crippen LogP contribution is 2.43. The molecule has 1 N–H and O–H groups in total. The molecular weight excluding hydrogens is 242 g/mol. The zero-order chi connectivity index (χ0) is 14.6. The molecule has 0 heterocycles. The second kappa shape index (κ2) is 6.40. The van der Waals surface area contributed by atoms with Gasteiger partial charge in [-0.05, 0) is 31.6 Å². The van der Waals surface area contributed by atoms with Gasteiger partial charge in [-0.2, -0.15) is 0 Å². The Morgan fingerprint density at radius 2 is 2.00 bits per heavy atom. The van der Waals surface area contributed by atoms with Crippen LogP contribution in [0.15, 0.2) is 0 Å². The molecule has 0 bridgehead atoms. The van der Waals surface area contributed by atoms with Gasteiger partial charge in [-0.3, -0.25) is 9.59 Å². The molecule has 0 aromatic carbocycles. The Hall–Kier alpha value is -1.06. The summed E-state index contributed by atoms with van der Waals surface area (Å²) in [5.41, 5.74) is -0.978. The maximum atomic E-state index is 12.5. The molecule has 1 amide bonds. The van der Waals surface area contributed by atoms with Gasteiger partial charge < -0.3 is 10.1 Å². The van der Waals surface area contributed by atoms with Gasteiger partial charge in [-0.15, -0.1) is 0 Å². The maximum Gasteiger partial charge on any atom is 0.303 e. The van der Waals surface area contributed by atoms with Crippen molar-refractivity contribution in [3.8, 4) is 0 Å². The molecule has 3 unspecified atom stereocenters. The quantitative estimate of drug-likeness (QED) is 0.798. The monoisotopic (exact) mass is 269 g/mol. The van der Waals surface area contributed by atoms with Crippen molar-refractivity contribution in [2.75, 3.05) is 6.54 Å². The SMILES string of the molecule is CCNC(=O)C1(OC(C)=O)CC(C)CCC1C(C)C. The number of amides is 1. The van der Waals surface area contributed by atoms with E-state index in [0.29, 0.717) is 24.8 Å². The summed E-state index contributed by atoms with van der Waals surface area (Å²) in [6.07, 6.45) is 2.65. The Morgan fingerprint density at radius 1 is 1.37 bits per heavy atom. The van der Waals surface area contributed by atoms with Crippen LogP contribution in [0, 0.1) is 17.8 Å². The Kier molecular flexibility index (Phi) is 5.39. The molecule has 1 saturated carbocycles. The molecule has 0 aromatic heterocycles. The first-order valence-electron chi connectivity index (χ1n) is 7.31. The maximum absolute atomic E-state index is 12.5. The van der Waals surface area contributed by atoms with E-state index in [1.807, 2.05) is 6.92 Å². The van der Waals surface area contributed by atoms with Gasteiger partial charge in [0.1, 0.15) is 0 Å². The fourth-order valence-corrected chi connectivity index (χ4v) is 3.33. The zero-order valence-corrected chi connectivity index (χ0v) is 12.8. The molecule has 4 nitrogen and oxygen atoms in total. The summed E-state index contributed by atoms with van der Waals surface area (Å²) >= 11 is 0. The van der Waals surface area contributed by atoms with Gasteiger partial charge in [0.15, 0.2) is 5.60 Å². The van der Waals surface area contributed by atoms with Gasteiger partial charge in [0.05, 0.1) is 0 Å². The molecule has 4 heteroatoms. The second-order valence-electron chi connectivity index (χ2n) is 6.08. The van der Waals surface area contributed by atoms with Crippen LogP contribution >= 0.6 is 0 Å². The molecule has 110 valence electrons. The van der Waals surface area contributed by atoms with Crippen LogP contribution in [0.4, 0.5) is 0 Å². The third-order valence-electron chi connectivity index (χ3n) is 4.07. The highest BCUT2D eigenvalue weighted by atomic mass is 16.6. The first-order valence-corrected chi connectivity index (χ1v) is 7.31. The van der Waals surface area contributed by atoms with E-state index in [1.165, 1.54) is 6.92 Å². The van der Waals surface area contributed by atoms with Gasteiger partial charge in [0.2, 0.25) is 0 Å². The van der Waals surface area contributed by atoms with Crippen molar-refractivity contribution in [2.45, 2.75) is 59.5 Å². The molecule has 1 fully saturated rings. The lowest BCUT2D eigenvalue weighted by atomic mass is 9.66. The second-order valence-corrected chi connectivity index (χ2v) is 6.08. The van der Waals surface area contributed by atoms with Gasteiger partial charge in [0, 0.05) is 19.4 Å². The molecular formula is C15H27NO3. The van der Waals surface area contributed by atoms with E-state index >= 15 is 0 Å². The van der Waals surface area contributed by atoms with Crippen molar-refractivity contribution in [1.29, 1.82) is 0 Å². The number of rotatable bonds is 4. The minimum atomic E-state index is -0.978. The van der Waals surface area contributed by atoms with Gasteiger partial charge in [0.25, 0.3) is 5.91 Å². The summed E-state index contributed by atoms with van der Waals surface area (Å²) in [6.45, 7) is 10.1. The van der Waals surface area contributed by atoms with E-state index in [0.717, 1.165) is 12.8 Å². The summed E-state index contributed by atoms with van der Waals surface area (Å²) in [7, 11) is 0. The summed E-state index contributed by atoms with van der Waals surface area (Å²) in [4.78, 5) is 24.0. The van der Waals surface area contributed by atoms with Gasteiger partial charge >= 0.3 is 5.97 Å². The van der Waals surface area contributed by atoms with Crippen LogP contribution < -0.4 is 5.32 Å². The number of carbonyl (C=O) groups is 2. The van der Waals surface area contributed by atoms with Gasteiger partial charge in [-0.1, -0.05) is 27.2 Å².